The standard InChI is InChI=1S/C17H20BrNO3/c1-11-8-13(21-5)6-7-14(11)15-9-12(18)10-19(15)16(20)22-17(2,3)4/h6-10H,1-5H3. The summed E-state index contributed by atoms with van der Waals surface area (Å²) in [6, 6.07) is 7.66. The lowest BCUT2D eigenvalue weighted by atomic mass is 10.1. The zero-order valence-corrected chi connectivity index (χ0v) is 15.0. The molecule has 0 bridgehead atoms. The number of carbonyl (C=O) groups excluding carboxylic acids is 1. The molecule has 5 heteroatoms. The first-order valence-corrected chi connectivity index (χ1v) is 7.77. The molecular weight excluding hydrogens is 346 g/mol. The van der Waals surface area contributed by atoms with Gasteiger partial charge in [-0.05, 0) is 73.5 Å². The monoisotopic (exact) mass is 365 g/mol. The van der Waals surface area contributed by atoms with Gasteiger partial charge in [0.2, 0.25) is 0 Å². The summed E-state index contributed by atoms with van der Waals surface area (Å²) in [6.07, 6.45) is 1.32. The summed E-state index contributed by atoms with van der Waals surface area (Å²) in [6.45, 7) is 7.53. The second kappa shape index (κ2) is 6.16. The van der Waals surface area contributed by atoms with E-state index in [-0.39, 0.29) is 0 Å². The number of halogens is 1. The fourth-order valence-corrected chi connectivity index (χ4v) is 2.57. The smallest absolute Gasteiger partial charge is 0.419 e. The molecular formula is C17H20BrNO3. The van der Waals surface area contributed by atoms with Gasteiger partial charge in [0.15, 0.2) is 0 Å². The van der Waals surface area contributed by atoms with Gasteiger partial charge in [-0.2, -0.15) is 0 Å². The Morgan fingerprint density at radius 2 is 1.91 bits per heavy atom. The van der Waals surface area contributed by atoms with Crippen LogP contribution in [0.5, 0.6) is 5.75 Å². The Bertz CT molecular complexity index is 698. The zero-order chi connectivity index (χ0) is 16.5. The van der Waals surface area contributed by atoms with E-state index in [0.717, 1.165) is 27.0 Å². The summed E-state index contributed by atoms with van der Waals surface area (Å²) in [5.74, 6) is 0.788. The van der Waals surface area contributed by atoms with E-state index in [1.165, 1.54) is 4.57 Å². The number of ether oxygens (including phenoxy) is 2. The Balaban J connectivity index is 2.47. The van der Waals surface area contributed by atoms with Crippen LogP contribution in [0, 0.1) is 6.92 Å². The SMILES string of the molecule is COc1ccc(-c2cc(Br)cn2C(=O)OC(C)(C)C)c(C)c1. The zero-order valence-electron chi connectivity index (χ0n) is 13.4. The maximum Gasteiger partial charge on any atom is 0.419 e. The third kappa shape index (κ3) is 3.71. The van der Waals surface area contributed by atoms with Crippen LogP contribution in [0.1, 0.15) is 26.3 Å². The Morgan fingerprint density at radius 3 is 2.45 bits per heavy atom. The molecule has 0 saturated carbocycles. The van der Waals surface area contributed by atoms with Crippen LogP contribution in [-0.4, -0.2) is 23.4 Å². The number of methoxy groups -OCH3 is 1. The molecule has 0 saturated heterocycles. The van der Waals surface area contributed by atoms with Crippen molar-refractivity contribution in [3.63, 3.8) is 0 Å². The highest BCUT2D eigenvalue weighted by molar-refractivity contribution is 9.10. The predicted molar refractivity (Wildman–Crippen MR) is 90.5 cm³/mol. The largest absolute Gasteiger partial charge is 0.497 e. The van der Waals surface area contributed by atoms with Gasteiger partial charge in [0.25, 0.3) is 0 Å². The molecule has 2 aromatic rings. The summed E-state index contributed by atoms with van der Waals surface area (Å²) in [5.41, 5.74) is 2.22. The molecule has 4 nitrogen and oxygen atoms in total. The molecule has 0 radical (unpaired) electrons. The predicted octanol–water partition coefficient (Wildman–Crippen LogP) is 5.02. The molecule has 0 fully saturated rings. The van der Waals surface area contributed by atoms with Gasteiger partial charge in [-0.15, -0.1) is 0 Å². The third-order valence-corrected chi connectivity index (χ3v) is 3.52. The number of aromatic nitrogens is 1. The number of carbonyl (C=O) groups is 1. The molecule has 1 aromatic heterocycles. The first kappa shape index (κ1) is 16.6. The van der Waals surface area contributed by atoms with Crippen molar-refractivity contribution in [2.24, 2.45) is 0 Å². The number of hydrogen-bond donors (Lipinski definition) is 0. The van der Waals surface area contributed by atoms with E-state index in [1.54, 1.807) is 13.3 Å². The van der Waals surface area contributed by atoms with E-state index in [1.807, 2.05) is 52.0 Å². The lowest BCUT2D eigenvalue weighted by Crippen LogP contribution is -2.27. The van der Waals surface area contributed by atoms with E-state index < -0.39 is 11.7 Å². The fourth-order valence-electron chi connectivity index (χ4n) is 2.15. The van der Waals surface area contributed by atoms with Crippen molar-refractivity contribution < 1.29 is 14.3 Å². The molecule has 0 unspecified atom stereocenters. The fraction of sp³-hybridized carbons (Fsp3) is 0.353. The minimum absolute atomic E-state index is 0.400. The van der Waals surface area contributed by atoms with E-state index in [4.69, 9.17) is 9.47 Å². The van der Waals surface area contributed by atoms with Crippen LogP contribution in [0.2, 0.25) is 0 Å². The number of hydrogen-bond acceptors (Lipinski definition) is 3. The van der Waals surface area contributed by atoms with Crippen LogP contribution in [0.4, 0.5) is 4.79 Å². The van der Waals surface area contributed by atoms with Crippen LogP contribution < -0.4 is 4.74 Å². The first-order valence-electron chi connectivity index (χ1n) is 6.97. The van der Waals surface area contributed by atoms with E-state index in [9.17, 15) is 4.79 Å². The van der Waals surface area contributed by atoms with E-state index in [2.05, 4.69) is 15.9 Å². The second-order valence-corrected chi connectivity index (χ2v) is 6.99. The van der Waals surface area contributed by atoms with Crippen LogP contribution >= 0.6 is 15.9 Å². The van der Waals surface area contributed by atoms with Gasteiger partial charge >= 0.3 is 6.09 Å². The van der Waals surface area contributed by atoms with Gasteiger partial charge in [0.05, 0.1) is 12.8 Å². The van der Waals surface area contributed by atoms with Crippen LogP contribution in [-0.2, 0) is 4.74 Å². The number of rotatable bonds is 2. The molecule has 1 aromatic carbocycles. The summed E-state index contributed by atoms with van der Waals surface area (Å²) in [4.78, 5) is 12.4. The van der Waals surface area contributed by atoms with Gasteiger partial charge in [0.1, 0.15) is 11.4 Å². The number of aryl methyl sites for hydroxylation is 1. The number of benzene rings is 1. The normalized spacial score (nSPS) is 11.4. The molecule has 0 aliphatic rings. The molecule has 0 aliphatic heterocycles. The van der Waals surface area contributed by atoms with Gasteiger partial charge in [-0.3, -0.25) is 4.57 Å². The molecule has 118 valence electrons. The van der Waals surface area contributed by atoms with E-state index >= 15 is 0 Å². The average Bonchev–Trinajstić information content (AvgIpc) is 2.78. The Labute approximate surface area is 139 Å². The summed E-state index contributed by atoms with van der Waals surface area (Å²) >= 11 is 3.43. The van der Waals surface area contributed by atoms with Crippen LogP contribution in [0.3, 0.4) is 0 Å². The maximum atomic E-state index is 12.4. The lowest BCUT2D eigenvalue weighted by Gasteiger charge is -2.20. The van der Waals surface area contributed by atoms with Gasteiger partial charge < -0.3 is 9.47 Å². The van der Waals surface area contributed by atoms with Crippen molar-refractivity contribution in [2.45, 2.75) is 33.3 Å². The van der Waals surface area contributed by atoms with E-state index in [0.29, 0.717) is 0 Å². The molecule has 0 aliphatic carbocycles. The minimum Gasteiger partial charge on any atom is -0.497 e. The highest BCUT2D eigenvalue weighted by Gasteiger charge is 2.21. The Morgan fingerprint density at radius 1 is 1.23 bits per heavy atom. The van der Waals surface area contributed by atoms with Crippen molar-refractivity contribution in [2.75, 3.05) is 7.11 Å². The van der Waals surface area contributed by atoms with Crippen molar-refractivity contribution in [3.05, 3.63) is 40.5 Å². The maximum absolute atomic E-state index is 12.4. The summed E-state index contributed by atoms with van der Waals surface area (Å²) in [5, 5.41) is 0. The van der Waals surface area contributed by atoms with Crippen molar-refractivity contribution in [3.8, 4) is 17.0 Å². The molecule has 1 heterocycles. The quantitative estimate of drug-likeness (QED) is 0.750. The van der Waals surface area contributed by atoms with Gasteiger partial charge in [0, 0.05) is 16.2 Å². The van der Waals surface area contributed by atoms with Crippen molar-refractivity contribution >= 4 is 22.0 Å². The molecule has 2 rings (SSSR count). The summed E-state index contributed by atoms with van der Waals surface area (Å²) in [7, 11) is 1.63. The minimum atomic E-state index is -0.542. The topological polar surface area (TPSA) is 40.5 Å². The summed E-state index contributed by atoms with van der Waals surface area (Å²) < 4.78 is 13.0. The molecule has 0 N–H and O–H groups in total. The Hall–Kier alpha value is -1.75. The molecule has 0 spiro atoms. The highest BCUT2D eigenvalue weighted by atomic mass is 79.9. The van der Waals surface area contributed by atoms with Gasteiger partial charge in [-0.1, -0.05) is 0 Å². The highest BCUT2D eigenvalue weighted by Crippen LogP contribution is 2.30. The van der Waals surface area contributed by atoms with Gasteiger partial charge in [-0.25, -0.2) is 4.79 Å². The molecule has 0 atom stereocenters. The lowest BCUT2D eigenvalue weighted by molar-refractivity contribution is 0.0540. The second-order valence-electron chi connectivity index (χ2n) is 6.07. The molecule has 22 heavy (non-hydrogen) atoms. The molecule has 0 amide bonds. The van der Waals surface area contributed by atoms with Crippen molar-refractivity contribution in [1.82, 2.24) is 4.57 Å². The van der Waals surface area contributed by atoms with Crippen molar-refractivity contribution in [1.29, 1.82) is 0 Å². The van der Waals surface area contributed by atoms with Crippen LogP contribution in [0.25, 0.3) is 11.3 Å². The van der Waals surface area contributed by atoms with Crippen LogP contribution in [0.15, 0.2) is 34.9 Å². The first-order chi connectivity index (χ1) is 10.2. The average molecular weight is 366 g/mol. The third-order valence-electron chi connectivity index (χ3n) is 3.09. The Kier molecular flexibility index (Phi) is 4.66. The number of nitrogens with zero attached hydrogens (tertiary/aromatic N) is 1.